The fourth-order valence-electron chi connectivity index (χ4n) is 7.27. The molecular weight excluding hydrogens is 348 g/mol. The largest absolute Gasteiger partial charge is 0.391 e. The van der Waals surface area contributed by atoms with Crippen LogP contribution >= 0.6 is 11.6 Å². The zero-order valence-electron chi connectivity index (χ0n) is 16.1. The summed E-state index contributed by atoms with van der Waals surface area (Å²) in [5.41, 5.74) is 0.347. The van der Waals surface area contributed by atoms with Crippen molar-refractivity contribution in [2.24, 2.45) is 34.5 Å². The summed E-state index contributed by atoms with van der Waals surface area (Å²) in [5, 5.41) is 11.3. The van der Waals surface area contributed by atoms with E-state index in [2.05, 4.69) is 20.8 Å². The Morgan fingerprint density at radius 1 is 1.27 bits per heavy atom. The number of Topliss-reactive ketones (excluding diaryl/α,β-unsaturated/α-hetero) is 1. The van der Waals surface area contributed by atoms with Crippen molar-refractivity contribution in [1.82, 2.24) is 0 Å². The molecular formula is C22H29ClO3. The van der Waals surface area contributed by atoms with E-state index in [1.165, 1.54) is 0 Å². The molecule has 4 rings (SSSR count). The van der Waals surface area contributed by atoms with Crippen LogP contribution in [0.3, 0.4) is 0 Å². The Hall–Kier alpha value is -0.930. The minimum atomic E-state index is -0.821. The second kappa shape index (κ2) is 5.54. The fourth-order valence-corrected chi connectivity index (χ4v) is 7.76. The SMILES string of the molecule is CC(=O)[C@H]1CC[C@H]2[C@@H]3CC(C)C4=CC(=O)C=C[C@]4(C)[C@@]3(Cl)C(O)C[C@]12C. The average molecular weight is 377 g/mol. The number of hydrogen-bond donors (Lipinski definition) is 1. The summed E-state index contributed by atoms with van der Waals surface area (Å²) in [6, 6.07) is 0. The molecule has 0 aromatic heterocycles. The smallest absolute Gasteiger partial charge is 0.178 e. The molecule has 0 spiro atoms. The lowest BCUT2D eigenvalue weighted by Crippen LogP contribution is -2.67. The van der Waals surface area contributed by atoms with Gasteiger partial charge in [-0.3, -0.25) is 9.59 Å². The molecule has 0 aromatic rings. The second-order valence-corrected chi connectivity index (χ2v) is 10.2. The first-order valence-electron chi connectivity index (χ1n) is 9.88. The van der Waals surface area contributed by atoms with Crippen molar-refractivity contribution >= 4 is 23.2 Å². The number of hydrogen-bond acceptors (Lipinski definition) is 3. The van der Waals surface area contributed by atoms with Crippen LogP contribution in [-0.4, -0.2) is 27.7 Å². The number of alkyl halides is 1. The maximum Gasteiger partial charge on any atom is 0.178 e. The normalized spacial score (nSPS) is 52.8. The Morgan fingerprint density at radius 3 is 2.62 bits per heavy atom. The van der Waals surface area contributed by atoms with Crippen LogP contribution in [-0.2, 0) is 9.59 Å². The summed E-state index contributed by atoms with van der Waals surface area (Å²) in [6.45, 7) is 8.13. The van der Waals surface area contributed by atoms with Crippen molar-refractivity contribution in [3.63, 3.8) is 0 Å². The van der Waals surface area contributed by atoms with Gasteiger partial charge in [0.2, 0.25) is 0 Å². The van der Waals surface area contributed by atoms with Gasteiger partial charge < -0.3 is 5.11 Å². The van der Waals surface area contributed by atoms with E-state index in [9.17, 15) is 14.7 Å². The monoisotopic (exact) mass is 376 g/mol. The lowest BCUT2D eigenvalue weighted by atomic mass is 9.44. The molecule has 0 aromatic carbocycles. The summed E-state index contributed by atoms with van der Waals surface area (Å²) >= 11 is 7.37. The van der Waals surface area contributed by atoms with Crippen LogP contribution in [0.2, 0.25) is 0 Å². The van der Waals surface area contributed by atoms with E-state index in [4.69, 9.17) is 11.6 Å². The molecule has 4 aliphatic rings. The summed E-state index contributed by atoms with van der Waals surface area (Å²) in [5.74, 6) is 0.990. The number of ketones is 2. The second-order valence-electron chi connectivity index (χ2n) is 9.62. The number of carbonyl (C=O) groups is 2. The van der Waals surface area contributed by atoms with Gasteiger partial charge in [0, 0.05) is 11.3 Å². The van der Waals surface area contributed by atoms with Crippen LogP contribution in [0.15, 0.2) is 23.8 Å². The van der Waals surface area contributed by atoms with E-state index in [-0.39, 0.29) is 34.7 Å². The number of carbonyl (C=O) groups excluding carboxylic acids is 2. The van der Waals surface area contributed by atoms with Crippen molar-refractivity contribution < 1.29 is 14.7 Å². The highest BCUT2D eigenvalue weighted by Crippen LogP contribution is 2.70. The van der Waals surface area contributed by atoms with Gasteiger partial charge in [0.25, 0.3) is 0 Å². The molecule has 3 saturated carbocycles. The topological polar surface area (TPSA) is 54.4 Å². The van der Waals surface area contributed by atoms with Gasteiger partial charge in [-0.2, -0.15) is 0 Å². The quantitative estimate of drug-likeness (QED) is 0.701. The van der Waals surface area contributed by atoms with E-state index in [0.29, 0.717) is 12.3 Å². The maximum absolute atomic E-state index is 12.3. The third-order valence-electron chi connectivity index (χ3n) is 8.46. The molecule has 1 N–H and O–H groups in total. The summed E-state index contributed by atoms with van der Waals surface area (Å²) < 4.78 is 0. The highest BCUT2D eigenvalue weighted by molar-refractivity contribution is 6.26. The van der Waals surface area contributed by atoms with Crippen LogP contribution in [0.1, 0.15) is 53.4 Å². The van der Waals surface area contributed by atoms with E-state index in [1.807, 2.05) is 6.08 Å². The van der Waals surface area contributed by atoms with Crippen LogP contribution < -0.4 is 0 Å². The van der Waals surface area contributed by atoms with Gasteiger partial charge >= 0.3 is 0 Å². The number of aliphatic hydroxyl groups excluding tert-OH is 1. The molecule has 0 heterocycles. The first-order valence-corrected chi connectivity index (χ1v) is 10.3. The third-order valence-corrected chi connectivity index (χ3v) is 9.38. The Balaban J connectivity index is 1.84. The number of aliphatic hydroxyl groups is 1. The molecule has 8 atom stereocenters. The molecule has 4 heteroatoms. The zero-order valence-corrected chi connectivity index (χ0v) is 16.8. The first kappa shape index (κ1) is 18.4. The number of fused-ring (bicyclic) bond motifs is 5. The van der Waals surface area contributed by atoms with Gasteiger partial charge in [-0.25, -0.2) is 0 Å². The van der Waals surface area contributed by atoms with Gasteiger partial charge in [-0.05, 0) is 67.9 Å². The molecule has 0 amide bonds. The number of halogens is 1. The highest BCUT2D eigenvalue weighted by atomic mass is 35.5. The molecule has 26 heavy (non-hydrogen) atoms. The minimum absolute atomic E-state index is 0.00990. The molecule has 0 radical (unpaired) electrons. The zero-order chi connectivity index (χ0) is 19.1. The molecule has 3 fully saturated rings. The third kappa shape index (κ3) is 2.05. The molecule has 0 aliphatic heterocycles. The predicted octanol–water partition coefficient (Wildman–Crippen LogP) is 4.08. The van der Waals surface area contributed by atoms with Crippen molar-refractivity contribution in [1.29, 1.82) is 0 Å². The number of rotatable bonds is 1. The van der Waals surface area contributed by atoms with Gasteiger partial charge in [-0.1, -0.05) is 32.4 Å². The van der Waals surface area contributed by atoms with Gasteiger partial charge in [0.15, 0.2) is 5.78 Å². The Morgan fingerprint density at radius 2 is 1.96 bits per heavy atom. The van der Waals surface area contributed by atoms with Crippen molar-refractivity contribution in [2.75, 3.05) is 0 Å². The first-order chi connectivity index (χ1) is 12.1. The average Bonchev–Trinajstić information content (AvgIpc) is 2.89. The molecule has 142 valence electrons. The van der Waals surface area contributed by atoms with E-state index in [1.54, 1.807) is 19.1 Å². The number of allylic oxidation sites excluding steroid dienone is 4. The van der Waals surface area contributed by atoms with Crippen molar-refractivity contribution in [3.8, 4) is 0 Å². The predicted molar refractivity (Wildman–Crippen MR) is 102 cm³/mol. The Bertz CT molecular complexity index is 740. The highest BCUT2D eigenvalue weighted by Gasteiger charge is 2.70. The Labute approximate surface area is 160 Å². The summed E-state index contributed by atoms with van der Waals surface area (Å²) in [4.78, 5) is 23.4. The van der Waals surface area contributed by atoms with Crippen molar-refractivity contribution in [2.45, 2.75) is 64.4 Å². The molecule has 0 saturated heterocycles. The fraction of sp³-hybridized carbons (Fsp3) is 0.727. The van der Waals surface area contributed by atoms with E-state index in [0.717, 1.165) is 24.8 Å². The molecule has 3 nitrogen and oxygen atoms in total. The molecule has 4 aliphatic carbocycles. The van der Waals surface area contributed by atoms with Gasteiger partial charge in [0.05, 0.1) is 11.0 Å². The molecule has 0 bridgehead atoms. The van der Waals surface area contributed by atoms with Crippen LogP contribution in [0, 0.1) is 34.5 Å². The lowest BCUT2D eigenvalue weighted by Gasteiger charge is -2.64. The van der Waals surface area contributed by atoms with Crippen LogP contribution in [0.4, 0.5) is 0 Å². The van der Waals surface area contributed by atoms with Crippen LogP contribution in [0.5, 0.6) is 0 Å². The minimum Gasteiger partial charge on any atom is -0.391 e. The summed E-state index contributed by atoms with van der Waals surface area (Å²) in [7, 11) is 0. The van der Waals surface area contributed by atoms with Gasteiger partial charge in [0.1, 0.15) is 5.78 Å². The maximum atomic E-state index is 12.3. The van der Waals surface area contributed by atoms with Crippen molar-refractivity contribution in [3.05, 3.63) is 23.8 Å². The van der Waals surface area contributed by atoms with E-state index < -0.39 is 16.4 Å². The lowest BCUT2D eigenvalue weighted by molar-refractivity contribution is -0.134. The Kier molecular flexibility index (Phi) is 3.93. The standard InChI is InChI=1S/C22H29ClO3/c1-12-9-18-16-6-5-15(13(2)24)20(16,3)11-19(26)22(18,23)21(4)8-7-14(25)10-17(12)21/h7-8,10,12,15-16,18-19,26H,5-6,9,11H2,1-4H3/t12?,15-,16+,18+,19?,20-,21+,22+/m1/s1. The molecule has 2 unspecified atom stereocenters. The van der Waals surface area contributed by atoms with E-state index >= 15 is 0 Å². The van der Waals surface area contributed by atoms with Gasteiger partial charge in [-0.15, -0.1) is 11.6 Å². The summed E-state index contributed by atoms with van der Waals surface area (Å²) in [6.07, 6.45) is 7.90. The van der Waals surface area contributed by atoms with Crippen LogP contribution in [0.25, 0.3) is 0 Å².